The Kier molecular flexibility index (Phi) is 6.15. The number of nitrogens with one attached hydrogen (secondary N) is 1. The molecule has 2 aromatic rings. The smallest absolute Gasteiger partial charge is 0.368 e. The highest BCUT2D eigenvalue weighted by atomic mass is 35.5. The average molecular weight is 405 g/mol. The van der Waals surface area contributed by atoms with Crippen molar-refractivity contribution in [3.8, 4) is 0 Å². The first kappa shape index (κ1) is 20.1. The first-order valence-electron chi connectivity index (χ1n) is 7.29. The Morgan fingerprint density at radius 1 is 1.12 bits per heavy atom. The molecule has 26 heavy (non-hydrogen) atoms. The average Bonchev–Trinajstić information content (AvgIpc) is 2.55. The summed E-state index contributed by atoms with van der Waals surface area (Å²) in [5, 5.41) is 3.00. The van der Waals surface area contributed by atoms with Gasteiger partial charge in [0.2, 0.25) is 5.91 Å². The van der Waals surface area contributed by atoms with Crippen molar-refractivity contribution in [3.05, 3.63) is 69.2 Å². The molecule has 3 N–H and O–H groups in total. The molecule has 0 unspecified atom stereocenters. The van der Waals surface area contributed by atoms with Crippen LogP contribution < -0.4 is 11.1 Å². The molecule has 9 heteroatoms. The first-order valence-corrected chi connectivity index (χ1v) is 8.05. The summed E-state index contributed by atoms with van der Waals surface area (Å²) >= 11 is 11.8. The molecule has 0 aromatic heterocycles. The maximum absolute atomic E-state index is 12.8. The van der Waals surface area contributed by atoms with Crippen molar-refractivity contribution in [1.82, 2.24) is 5.32 Å². The first-order chi connectivity index (χ1) is 12.1. The van der Waals surface area contributed by atoms with E-state index >= 15 is 0 Å². The lowest BCUT2D eigenvalue weighted by Crippen LogP contribution is -2.45. The van der Waals surface area contributed by atoms with Gasteiger partial charge in [-0.3, -0.25) is 9.59 Å². The predicted molar refractivity (Wildman–Crippen MR) is 92.1 cm³/mol. The number of amides is 2. The van der Waals surface area contributed by atoms with E-state index < -0.39 is 29.6 Å². The Bertz CT molecular complexity index is 841. The Labute approximate surface area is 157 Å². The molecule has 4 nitrogen and oxygen atoms in total. The number of carbonyl (C=O) groups excluding carboxylic acids is 2. The molecule has 0 fully saturated rings. The third-order valence-corrected chi connectivity index (χ3v) is 4.13. The maximum Gasteiger partial charge on any atom is 0.416 e. The summed E-state index contributed by atoms with van der Waals surface area (Å²) in [6.45, 7) is 0. The van der Waals surface area contributed by atoms with Crippen molar-refractivity contribution in [1.29, 1.82) is 0 Å². The van der Waals surface area contributed by atoms with Gasteiger partial charge >= 0.3 is 6.18 Å². The van der Waals surface area contributed by atoms with Crippen LogP contribution in [0.4, 0.5) is 13.2 Å². The summed E-state index contributed by atoms with van der Waals surface area (Å²) in [6, 6.07) is 7.27. The Morgan fingerprint density at radius 2 is 1.81 bits per heavy atom. The second-order valence-corrected chi connectivity index (χ2v) is 6.29. The lowest BCUT2D eigenvalue weighted by Gasteiger charge is -2.17. The molecule has 0 aliphatic rings. The molecule has 0 heterocycles. The topological polar surface area (TPSA) is 72.2 Å². The van der Waals surface area contributed by atoms with Gasteiger partial charge < -0.3 is 11.1 Å². The molecule has 138 valence electrons. The van der Waals surface area contributed by atoms with Gasteiger partial charge in [0.15, 0.2) is 0 Å². The predicted octanol–water partition coefficient (Wildman–Crippen LogP) is 3.84. The second kappa shape index (κ2) is 7.97. The normalized spacial score (nSPS) is 12.5. The van der Waals surface area contributed by atoms with E-state index in [9.17, 15) is 22.8 Å². The van der Waals surface area contributed by atoms with Crippen molar-refractivity contribution in [2.75, 3.05) is 0 Å². The van der Waals surface area contributed by atoms with Crippen LogP contribution in [0.3, 0.4) is 0 Å². The number of halogens is 5. The summed E-state index contributed by atoms with van der Waals surface area (Å²) in [5.41, 5.74) is 4.58. The van der Waals surface area contributed by atoms with Gasteiger partial charge in [0, 0.05) is 22.0 Å². The van der Waals surface area contributed by atoms with E-state index in [1.54, 1.807) is 12.1 Å². The van der Waals surface area contributed by atoms with Gasteiger partial charge in [0.25, 0.3) is 5.91 Å². The van der Waals surface area contributed by atoms with Crippen LogP contribution in [0.1, 0.15) is 21.5 Å². The highest BCUT2D eigenvalue weighted by Gasteiger charge is 2.31. The van der Waals surface area contributed by atoms with Crippen LogP contribution >= 0.6 is 23.2 Å². The highest BCUT2D eigenvalue weighted by molar-refractivity contribution is 6.35. The van der Waals surface area contributed by atoms with Gasteiger partial charge in [-0.1, -0.05) is 35.3 Å². The van der Waals surface area contributed by atoms with Gasteiger partial charge in [-0.2, -0.15) is 13.2 Å². The highest BCUT2D eigenvalue weighted by Crippen LogP contribution is 2.29. The Balaban J connectivity index is 2.19. The molecule has 0 saturated heterocycles. The van der Waals surface area contributed by atoms with Crippen molar-refractivity contribution in [2.45, 2.75) is 18.6 Å². The Hall–Kier alpha value is -2.25. The lowest BCUT2D eigenvalue weighted by molar-refractivity contribution is -0.137. The molecular weight excluding hydrogens is 392 g/mol. The second-order valence-electron chi connectivity index (χ2n) is 5.45. The molecule has 1 atom stereocenters. The molecule has 2 aromatic carbocycles. The lowest BCUT2D eigenvalue weighted by atomic mass is 10.0. The van der Waals surface area contributed by atoms with Crippen LogP contribution in [-0.4, -0.2) is 17.9 Å². The van der Waals surface area contributed by atoms with Crippen molar-refractivity contribution in [2.24, 2.45) is 5.73 Å². The molecule has 2 amide bonds. The van der Waals surface area contributed by atoms with E-state index in [1.165, 1.54) is 12.1 Å². The monoisotopic (exact) mass is 404 g/mol. The van der Waals surface area contributed by atoms with E-state index in [-0.39, 0.29) is 17.0 Å². The molecule has 0 radical (unpaired) electrons. The number of nitrogens with two attached hydrogens (primary N) is 1. The third kappa shape index (κ3) is 5.12. The molecule has 0 saturated carbocycles. The number of rotatable bonds is 5. The number of hydrogen-bond donors (Lipinski definition) is 2. The minimum atomic E-state index is -4.59. The third-order valence-electron chi connectivity index (χ3n) is 3.54. The molecule has 2 rings (SSSR count). The number of carbonyl (C=O) groups is 2. The zero-order chi connectivity index (χ0) is 19.5. The zero-order valence-corrected chi connectivity index (χ0v) is 14.6. The fourth-order valence-corrected chi connectivity index (χ4v) is 2.69. The minimum absolute atomic E-state index is 0.0317. The van der Waals surface area contributed by atoms with Crippen LogP contribution in [0.15, 0.2) is 42.5 Å². The van der Waals surface area contributed by atoms with Crippen molar-refractivity contribution in [3.63, 3.8) is 0 Å². The van der Waals surface area contributed by atoms with Crippen LogP contribution in [-0.2, 0) is 17.4 Å². The standard InChI is InChI=1S/C17H13Cl2F3N2O2/c18-12-5-4-9(13(19)8-12)7-14(15(23)25)24-16(26)10-2-1-3-11(6-10)17(20,21)22/h1-6,8,14H,7H2,(H2,23,25)(H,24,26)/t14-/m0/s1. The summed E-state index contributed by atoms with van der Waals surface area (Å²) in [4.78, 5) is 23.9. The van der Waals surface area contributed by atoms with Crippen LogP contribution in [0.2, 0.25) is 10.0 Å². The van der Waals surface area contributed by atoms with Crippen molar-refractivity contribution < 1.29 is 22.8 Å². The summed E-state index contributed by atoms with van der Waals surface area (Å²) < 4.78 is 38.3. The van der Waals surface area contributed by atoms with E-state index in [2.05, 4.69) is 5.32 Å². The van der Waals surface area contributed by atoms with Crippen molar-refractivity contribution >= 4 is 35.0 Å². The van der Waals surface area contributed by atoms with Gasteiger partial charge in [-0.15, -0.1) is 0 Å². The largest absolute Gasteiger partial charge is 0.416 e. The minimum Gasteiger partial charge on any atom is -0.368 e. The summed E-state index contributed by atoms with van der Waals surface area (Å²) in [6.07, 6.45) is -4.62. The maximum atomic E-state index is 12.8. The van der Waals surface area contributed by atoms with E-state index in [4.69, 9.17) is 28.9 Å². The number of primary amides is 1. The van der Waals surface area contributed by atoms with Gasteiger partial charge in [0.05, 0.1) is 5.56 Å². The van der Waals surface area contributed by atoms with E-state index in [0.29, 0.717) is 16.7 Å². The van der Waals surface area contributed by atoms with Crippen LogP contribution in [0.25, 0.3) is 0 Å². The summed E-state index contributed by atoms with van der Waals surface area (Å²) in [5.74, 6) is -1.71. The fraction of sp³-hybridized carbons (Fsp3) is 0.176. The van der Waals surface area contributed by atoms with Gasteiger partial charge in [0.1, 0.15) is 6.04 Å². The molecule has 0 spiro atoms. The van der Waals surface area contributed by atoms with Gasteiger partial charge in [-0.25, -0.2) is 0 Å². The zero-order valence-electron chi connectivity index (χ0n) is 13.1. The van der Waals surface area contributed by atoms with E-state index in [1.807, 2.05) is 0 Å². The van der Waals surface area contributed by atoms with Crippen LogP contribution in [0, 0.1) is 0 Å². The SMILES string of the molecule is NC(=O)[C@H](Cc1ccc(Cl)cc1Cl)NC(=O)c1cccc(C(F)(F)F)c1. The quantitative estimate of drug-likeness (QED) is 0.794. The Morgan fingerprint density at radius 3 is 2.38 bits per heavy atom. The number of alkyl halides is 3. The fourth-order valence-electron chi connectivity index (χ4n) is 2.21. The number of hydrogen-bond acceptors (Lipinski definition) is 2. The number of benzene rings is 2. The molecule has 0 aliphatic carbocycles. The van der Waals surface area contributed by atoms with Crippen LogP contribution in [0.5, 0.6) is 0 Å². The molecule has 0 bridgehead atoms. The summed E-state index contributed by atoms with van der Waals surface area (Å²) in [7, 11) is 0. The molecule has 0 aliphatic heterocycles. The van der Waals surface area contributed by atoms with Gasteiger partial charge in [-0.05, 0) is 35.9 Å². The van der Waals surface area contributed by atoms with E-state index in [0.717, 1.165) is 12.1 Å². The molecular formula is C17H13Cl2F3N2O2.